The Labute approximate surface area is 135 Å². The molecule has 1 aliphatic rings. The lowest BCUT2D eigenvalue weighted by Crippen LogP contribution is -2.44. The zero-order valence-corrected chi connectivity index (χ0v) is 14.6. The third-order valence-electron chi connectivity index (χ3n) is 3.73. The van der Waals surface area contributed by atoms with Crippen molar-refractivity contribution in [3.05, 3.63) is 0 Å². The number of unbranched alkanes of at least 4 members (excludes halogenated alkanes) is 1. The molecular formula is C16H34N4O2. The summed E-state index contributed by atoms with van der Waals surface area (Å²) < 4.78 is 10.7. The predicted molar refractivity (Wildman–Crippen MR) is 91.5 cm³/mol. The normalized spacial score (nSPS) is 18.2. The van der Waals surface area contributed by atoms with Crippen molar-refractivity contribution in [1.29, 1.82) is 0 Å². The Bertz CT molecular complexity index is 294. The standard InChI is InChI=1S/C16H34N4O2/c1-4-21-10-6-5-7-18-16(17-3)19-13-15(2)14-20-8-11-22-12-9-20/h15H,4-14H2,1-3H3,(H2,17,18,19). The van der Waals surface area contributed by atoms with Crippen molar-refractivity contribution >= 4 is 5.96 Å². The van der Waals surface area contributed by atoms with Crippen molar-refractivity contribution < 1.29 is 9.47 Å². The molecule has 6 heteroatoms. The summed E-state index contributed by atoms with van der Waals surface area (Å²) in [6.07, 6.45) is 2.19. The molecule has 0 aromatic carbocycles. The van der Waals surface area contributed by atoms with Crippen LogP contribution in [0.4, 0.5) is 0 Å². The van der Waals surface area contributed by atoms with Gasteiger partial charge in [-0.15, -0.1) is 0 Å². The number of hydrogen-bond acceptors (Lipinski definition) is 4. The van der Waals surface area contributed by atoms with Gasteiger partial charge in [0.2, 0.25) is 0 Å². The number of nitrogens with one attached hydrogen (secondary N) is 2. The molecule has 0 aromatic rings. The summed E-state index contributed by atoms with van der Waals surface area (Å²) in [6.45, 7) is 12.8. The van der Waals surface area contributed by atoms with Crippen LogP contribution in [0.1, 0.15) is 26.7 Å². The molecule has 1 atom stereocenters. The Morgan fingerprint density at radius 1 is 1.27 bits per heavy atom. The van der Waals surface area contributed by atoms with Crippen molar-refractivity contribution in [2.75, 3.05) is 66.2 Å². The third kappa shape index (κ3) is 9.23. The van der Waals surface area contributed by atoms with Crippen molar-refractivity contribution in [3.8, 4) is 0 Å². The van der Waals surface area contributed by atoms with Gasteiger partial charge in [0, 0.05) is 53.0 Å². The van der Waals surface area contributed by atoms with Crippen LogP contribution in [0.25, 0.3) is 0 Å². The fourth-order valence-corrected chi connectivity index (χ4v) is 2.46. The zero-order chi connectivity index (χ0) is 16.0. The van der Waals surface area contributed by atoms with E-state index in [4.69, 9.17) is 9.47 Å². The van der Waals surface area contributed by atoms with Gasteiger partial charge in [-0.05, 0) is 25.7 Å². The average Bonchev–Trinajstić information content (AvgIpc) is 2.54. The van der Waals surface area contributed by atoms with E-state index < -0.39 is 0 Å². The van der Waals surface area contributed by atoms with Gasteiger partial charge in [0.25, 0.3) is 0 Å². The molecule has 1 rings (SSSR count). The summed E-state index contributed by atoms with van der Waals surface area (Å²) in [5, 5.41) is 6.77. The highest BCUT2D eigenvalue weighted by atomic mass is 16.5. The van der Waals surface area contributed by atoms with Crippen LogP contribution in [0.15, 0.2) is 4.99 Å². The minimum absolute atomic E-state index is 0.592. The first-order valence-electron chi connectivity index (χ1n) is 8.58. The van der Waals surface area contributed by atoms with Crippen molar-refractivity contribution in [2.45, 2.75) is 26.7 Å². The maximum atomic E-state index is 5.38. The predicted octanol–water partition coefficient (Wildman–Crippen LogP) is 0.936. The highest BCUT2D eigenvalue weighted by Crippen LogP contribution is 2.02. The number of aliphatic imine (C=N–C) groups is 1. The smallest absolute Gasteiger partial charge is 0.190 e. The molecule has 0 saturated carbocycles. The van der Waals surface area contributed by atoms with E-state index in [-0.39, 0.29) is 0 Å². The number of nitrogens with zero attached hydrogens (tertiary/aromatic N) is 2. The van der Waals surface area contributed by atoms with Crippen LogP contribution in [-0.2, 0) is 9.47 Å². The van der Waals surface area contributed by atoms with Crippen LogP contribution in [0.5, 0.6) is 0 Å². The number of morpholine rings is 1. The summed E-state index contributed by atoms with van der Waals surface area (Å²) in [7, 11) is 1.82. The van der Waals surface area contributed by atoms with Crippen LogP contribution in [0.2, 0.25) is 0 Å². The molecule has 1 aliphatic heterocycles. The second-order valence-corrected chi connectivity index (χ2v) is 5.80. The molecular weight excluding hydrogens is 280 g/mol. The Hall–Kier alpha value is -0.850. The van der Waals surface area contributed by atoms with Crippen molar-refractivity contribution in [1.82, 2.24) is 15.5 Å². The molecule has 0 aliphatic carbocycles. The second-order valence-electron chi connectivity index (χ2n) is 5.80. The molecule has 0 aromatic heterocycles. The third-order valence-corrected chi connectivity index (χ3v) is 3.73. The van der Waals surface area contributed by atoms with Gasteiger partial charge in [-0.3, -0.25) is 9.89 Å². The Balaban J connectivity index is 2.06. The van der Waals surface area contributed by atoms with Crippen LogP contribution in [0, 0.1) is 5.92 Å². The molecule has 2 N–H and O–H groups in total. The molecule has 1 fully saturated rings. The van der Waals surface area contributed by atoms with E-state index in [9.17, 15) is 0 Å². The van der Waals surface area contributed by atoms with E-state index in [0.717, 1.165) is 78.0 Å². The molecule has 0 radical (unpaired) electrons. The molecule has 0 spiro atoms. The van der Waals surface area contributed by atoms with Gasteiger partial charge in [0.05, 0.1) is 13.2 Å². The average molecular weight is 314 g/mol. The Morgan fingerprint density at radius 2 is 2.05 bits per heavy atom. The van der Waals surface area contributed by atoms with Crippen LogP contribution < -0.4 is 10.6 Å². The molecule has 0 amide bonds. The minimum Gasteiger partial charge on any atom is -0.382 e. The summed E-state index contributed by atoms with van der Waals surface area (Å²) in [6, 6.07) is 0. The van der Waals surface area contributed by atoms with Gasteiger partial charge in [-0.2, -0.15) is 0 Å². The first kappa shape index (κ1) is 19.2. The zero-order valence-electron chi connectivity index (χ0n) is 14.6. The van der Waals surface area contributed by atoms with E-state index in [1.807, 2.05) is 14.0 Å². The molecule has 0 bridgehead atoms. The number of ether oxygens (including phenoxy) is 2. The van der Waals surface area contributed by atoms with E-state index in [0.29, 0.717) is 5.92 Å². The number of guanidine groups is 1. The van der Waals surface area contributed by atoms with Crippen molar-refractivity contribution in [3.63, 3.8) is 0 Å². The molecule has 22 heavy (non-hydrogen) atoms. The first-order chi connectivity index (χ1) is 10.8. The van der Waals surface area contributed by atoms with Crippen LogP contribution in [0.3, 0.4) is 0 Å². The fraction of sp³-hybridized carbons (Fsp3) is 0.938. The van der Waals surface area contributed by atoms with Crippen LogP contribution >= 0.6 is 0 Å². The number of rotatable bonds is 10. The van der Waals surface area contributed by atoms with Crippen molar-refractivity contribution in [2.24, 2.45) is 10.9 Å². The summed E-state index contributed by atoms with van der Waals surface area (Å²) >= 11 is 0. The summed E-state index contributed by atoms with van der Waals surface area (Å²) in [5.41, 5.74) is 0. The van der Waals surface area contributed by atoms with Gasteiger partial charge in [-0.25, -0.2) is 0 Å². The van der Waals surface area contributed by atoms with E-state index in [1.165, 1.54) is 0 Å². The SMILES string of the molecule is CCOCCCCNC(=NC)NCC(C)CN1CCOCC1. The maximum Gasteiger partial charge on any atom is 0.190 e. The summed E-state index contributed by atoms with van der Waals surface area (Å²) in [4.78, 5) is 6.74. The van der Waals surface area contributed by atoms with E-state index in [1.54, 1.807) is 0 Å². The van der Waals surface area contributed by atoms with Gasteiger partial charge in [0.1, 0.15) is 0 Å². The monoisotopic (exact) mass is 314 g/mol. The Morgan fingerprint density at radius 3 is 2.73 bits per heavy atom. The fourth-order valence-electron chi connectivity index (χ4n) is 2.46. The topological polar surface area (TPSA) is 58.1 Å². The largest absolute Gasteiger partial charge is 0.382 e. The Kier molecular flexibility index (Phi) is 11.1. The quantitative estimate of drug-likeness (QED) is 0.357. The van der Waals surface area contributed by atoms with E-state index >= 15 is 0 Å². The van der Waals surface area contributed by atoms with E-state index in [2.05, 4.69) is 27.4 Å². The lowest BCUT2D eigenvalue weighted by Gasteiger charge is -2.29. The molecule has 1 heterocycles. The number of hydrogen-bond donors (Lipinski definition) is 2. The first-order valence-corrected chi connectivity index (χ1v) is 8.58. The summed E-state index contributed by atoms with van der Waals surface area (Å²) in [5.74, 6) is 1.49. The van der Waals surface area contributed by atoms with Gasteiger partial charge >= 0.3 is 0 Å². The molecule has 130 valence electrons. The highest BCUT2D eigenvalue weighted by Gasteiger charge is 2.13. The van der Waals surface area contributed by atoms with Gasteiger partial charge in [-0.1, -0.05) is 6.92 Å². The molecule has 6 nitrogen and oxygen atoms in total. The molecule has 1 saturated heterocycles. The second kappa shape index (κ2) is 12.7. The van der Waals surface area contributed by atoms with Gasteiger partial charge in [0.15, 0.2) is 5.96 Å². The van der Waals surface area contributed by atoms with Gasteiger partial charge < -0.3 is 20.1 Å². The molecule has 1 unspecified atom stereocenters. The lowest BCUT2D eigenvalue weighted by atomic mass is 10.1. The highest BCUT2D eigenvalue weighted by molar-refractivity contribution is 5.79. The van der Waals surface area contributed by atoms with Crippen LogP contribution in [-0.4, -0.2) is 77.1 Å². The minimum atomic E-state index is 0.592. The maximum absolute atomic E-state index is 5.38. The lowest BCUT2D eigenvalue weighted by molar-refractivity contribution is 0.0320.